The van der Waals surface area contributed by atoms with Crippen molar-refractivity contribution in [3.05, 3.63) is 83.9 Å². The first-order valence-corrected chi connectivity index (χ1v) is 27.9. The van der Waals surface area contributed by atoms with Crippen molar-refractivity contribution >= 4 is 79.0 Å². The molecule has 2 amide bonds. The molecule has 0 saturated carbocycles. The molecule has 4 aliphatic heterocycles. The number of benzene rings is 2. The average Bonchev–Trinajstić information content (AvgIpc) is 3.41. The number of hydrogen-bond donors (Lipinski definition) is 4. The number of nitrogen functional groups attached to an aromatic ring is 2. The largest absolute Gasteiger partial charge is 0.383 e. The number of thioether (sulfide) groups is 1. The second-order valence-corrected chi connectivity index (χ2v) is 21.1. The first-order valence-electron chi connectivity index (χ1n) is 24.9. The summed E-state index contributed by atoms with van der Waals surface area (Å²) >= 11 is 1.89. The van der Waals surface area contributed by atoms with E-state index in [1.54, 1.807) is 38.4 Å². The van der Waals surface area contributed by atoms with Crippen LogP contribution in [-0.4, -0.2) is 164 Å². The molecule has 4 fully saturated rings. The van der Waals surface area contributed by atoms with E-state index >= 15 is 0 Å². The molecule has 4 saturated heterocycles. The van der Waals surface area contributed by atoms with Crippen molar-refractivity contribution in [1.29, 1.82) is 0 Å². The van der Waals surface area contributed by atoms with Gasteiger partial charge in [0.15, 0.2) is 21.1 Å². The number of carbonyl (C=O) groups excluding carboxylic acids is 2. The third kappa shape index (κ3) is 13.7. The van der Waals surface area contributed by atoms with E-state index < -0.39 is 15.4 Å². The summed E-state index contributed by atoms with van der Waals surface area (Å²) in [5, 5.41) is 6.59. The van der Waals surface area contributed by atoms with E-state index in [1.807, 2.05) is 79.0 Å². The number of hydrogen-bond acceptors (Lipinski definition) is 19. The van der Waals surface area contributed by atoms with E-state index in [2.05, 4.69) is 49.3 Å². The monoisotopic (exact) mass is 1050 g/mol. The fraction of sp³-hybridized carbons (Fsp3) is 0.462. The standard InChI is InChI=1S/C21H22N6O4S.C21H22N6O2S.2C5H12O/c1-23-19(28)14-4-2-3-13(9-14)16-6-5-15-17(22)25-20(26-18(15)24-16)27-7-8-31-21(10-27)11-32(29,30)12-21;1-23-19(28)14-4-2-3-13(9-14)16-6-5-15-17(22)25-20(26-18(15)24-16)27-7-8-29-21(10-27)11-30-12-21;2*1-3-5-6-4-2/h2-6,9H,7-8,10-12H2,1H3,(H,23,28)(H2,22,24,25,26);2-6,9H,7-8,10-12H2,1H3,(H,23,28)(H2,22,24,25,26);2*3-5H2,1-2H3. The maximum atomic E-state index is 12.0. The Bertz CT molecular complexity index is 2990. The van der Waals surface area contributed by atoms with Gasteiger partial charge in [0.25, 0.3) is 11.8 Å². The first-order chi connectivity index (χ1) is 35.7. The Kier molecular flexibility index (Phi) is 18.9. The number of morpholine rings is 2. The molecule has 0 atom stereocenters. The Balaban J connectivity index is 0.000000178. The topological polar surface area (TPSA) is 265 Å². The van der Waals surface area contributed by atoms with Crippen molar-refractivity contribution in [3.63, 3.8) is 0 Å². The molecular formula is C52H68N12O8S2. The molecule has 10 rings (SSSR count). The maximum absolute atomic E-state index is 12.0. The number of ether oxygens (including phenoxy) is 4. The van der Waals surface area contributed by atoms with Crippen LogP contribution in [0.4, 0.5) is 23.5 Å². The highest BCUT2D eigenvalue weighted by molar-refractivity contribution is 8.00. The van der Waals surface area contributed by atoms with Crippen LogP contribution < -0.4 is 31.9 Å². The molecule has 2 spiro atoms. The number of carbonyl (C=O) groups is 2. The predicted octanol–water partition coefficient (Wildman–Crippen LogP) is 5.46. The Morgan fingerprint density at radius 2 is 1.09 bits per heavy atom. The minimum absolute atomic E-state index is 0.00361. The summed E-state index contributed by atoms with van der Waals surface area (Å²) < 4.78 is 45.1. The van der Waals surface area contributed by atoms with E-state index in [-0.39, 0.29) is 28.9 Å². The smallest absolute Gasteiger partial charge is 0.251 e. The summed E-state index contributed by atoms with van der Waals surface area (Å²) in [6, 6.07) is 21.9. The van der Waals surface area contributed by atoms with Crippen LogP contribution in [0.5, 0.6) is 0 Å². The van der Waals surface area contributed by atoms with Gasteiger partial charge in [-0.1, -0.05) is 38.1 Å². The minimum atomic E-state index is -3.04. The zero-order valence-electron chi connectivity index (χ0n) is 43.1. The Labute approximate surface area is 437 Å². The van der Waals surface area contributed by atoms with Gasteiger partial charge in [0.2, 0.25) is 11.9 Å². The lowest BCUT2D eigenvalue weighted by atomic mass is 10.1. The zero-order chi connectivity index (χ0) is 52.9. The summed E-state index contributed by atoms with van der Waals surface area (Å²) in [4.78, 5) is 55.7. The van der Waals surface area contributed by atoms with Crippen LogP contribution in [0.2, 0.25) is 0 Å². The van der Waals surface area contributed by atoms with E-state index in [4.69, 9.17) is 40.4 Å². The van der Waals surface area contributed by atoms with E-state index in [1.165, 1.54) is 0 Å². The third-order valence-corrected chi connectivity index (χ3v) is 15.7. The second kappa shape index (κ2) is 25.3. The van der Waals surface area contributed by atoms with Crippen LogP contribution in [0, 0.1) is 0 Å². The van der Waals surface area contributed by atoms with Crippen LogP contribution >= 0.6 is 11.8 Å². The molecule has 0 bridgehead atoms. The van der Waals surface area contributed by atoms with Crippen molar-refractivity contribution < 1.29 is 37.0 Å². The second-order valence-electron chi connectivity index (χ2n) is 18.1. The van der Waals surface area contributed by atoms with Crippen LogP contribution in [0.3, 0.4) is 0 Å². The number of aromatic nitrogens is 6. The van der Waals surface area contributed by atoms with Gasteiger partial charge < -0.3 is 50.8 Å². The number of nitrogens with zero attached hydrogens (tertiary/aromatic N) is 8. The molecular weight excluding hydrogens is 985 g/mol. The number of nitrogens with two attached hydrogens (primary N) is 2. The summed E-state index contributed by atoms with van der Waals surface area (Å²) in [5.41, 5.74) is 16.7. The first kappa shape index (κ1) is 55.5. The lowest BCUT2D eigenvalue weighted by Gasteiger charge is -2.47. The van der Waals surface area contributed by atoms with E-state index in [0.717, 1.165) is 80.7 Å². The molecule has 6 aromatic rings. The Morgan fingerprint density at radius 3 is 1.47 bits per heavy atom. The minimum Gasteiger partial charge on any atom is -0.383 e. The average molecular weight is 1050 g/mol. The molecule has 396 valence electrons. The van der Waals surface area contributed by atoms with Gasteiger partial charge >= 0.3 is 0 Å². The molecule has 0 unspecified atom stereocenters. The molecule has 4 aromatic heterocycles. The Morgan fingerprint density at radius 1 is 0.649 bits per heavy atom. The quantitative estimate of drug-likeness (QED) is 0.111. The molecule has 8 heterocycles. The normalized spacial score (nSPS) is 16.8. The van der Waals surface area contributed by atoms with Crippen molar-refractivity contribution in [2.75, 3.05) is 124 Å². The lowest BCUT2D eigenvalue weighted by molar-refractivity contribution is -0.0334. The number of anilines is 4. The highest BCUT2D eigenvalue weighted by atomic mass is 32.2. The predicted molar refractivity (Wildman–Crippen MR) is 292 cm³/mol. The lowest BCUT2D eigenvalue weighted by Crippen LogP contribution is -2.66. The van der Waals surface area contributed by atoms with Crippen LogP contribution in [-0.2, 0) is 28.8 Å². The van der Waals surface area contributed by atoms with Gasteiger partial charge in [0.05, 0.1) is 60.0 Å². The van der Waals surface area contributed by atoms with Gasteiger partial charge in [-0.05, 0) is 75.2 Å². The van der Waals surface area contributed by atoms with Crippen LogP contribution in [0.1, 0.15) is 61.3 Å². The van der Waals surface area contributed by atoms with E-state index in [0.29, 0.717) is 88.7 Å². The molecule has 22 heteroatoms. The molecule has 0 aliphatic carbocycles. The number of pyridine rings is 2. The van der Waals surface area contributed by atoms with Crippen LogP contribution in [0.15, 0.2) is 72.8 Å². The van der Waals surface area contributed by atoms with E-state index in [9.17, 15) is 18.0 Å². The van der Waals surface area contributed by atoms with Gasteiger partial charge in [-0.2, -0.15) is 31.7 Å². The summed E-state index contributed by atoms with van der Waals surface area (Å²) in [7, 11) is 0.152. The van der Waals surface area contributed by atoms with Crippen molar-refractivity contribution in [2.24, 2.45) is 0 Å². The zero-order valence-corrected chi connectivity index (χ0v) is 44.7. The molecule has 20 nitrogen and oxygen atoms in total. The van der Waals surface area contributed by atoms with Gasteiger partial charge in [0.1, 0.15) is 22.8 Å². The van der Waals surface area contributed by atoms with Crippen molar-refractivity contribution in [2.45, 2.75) is 51.7 Å². The van der Waals surface area contributed by atoms with Gasteiger partial charge in [-0.25, -0.2) is 18.4 Å². The SMILES string of the molecule is CCCOCC.CCCOCC.CNC(=O)c1cccc(-c2ccc3c(N)nc(N4CCOC5(C4)CS(=O)(=O)C5)nc3n2)c1.CNC(=O)c1cccc(-c2ccc3c(N)nc(N4CCOC5(CSC5)C4)nc3n2)c1. The van der Waals surface area contributed by atoms with Gasteiger partial charge in [-0.15, -0.1) is 0 Å². The maximum Gasteiger partial charge on any atom is 0.251 e. The third-order valence-electron chi connectivity index (χ3n) is 12.3. The molecule has 6 N–H and O–H groups in total. The molecule has 4 aliphatic rings. The summed E-state index contributed by atoms with van der Waals surface area (Å²) in [6.45, 7) is 15.2. The molecule has 74 heavy (non-hydrogen) atoms. The number of fused-ring (bicyclic) bond motifs is 2. The summed E-state index contributed by atoms with van der Waals surface area (Å²) in [5.74, 6) is 3.37. The fourth-order valence-corrected chi connectivity index (χ4v) is 11.5. The Hall–Kier alpha value is -6.30. The van der Waals surface area contributed by atoms with Gasteiger partial charge in [0, 0.05) is 87.4 Å². The number of sulfone groups is 1. The number of amides is 2. The van der Waals surface area contributed by atoms with Crippen molar-refractivity contribution in [1.82, 2.24) is 40.5 Å². The fourth-order valence-electron chi connectivity index (χ4n) is 8.62. The molecule has 2 aromatic carbocycles. The van der Waals surface area contributed by atoms with Gasteiger partial charge in [-0.3, -0.25) is 9.59 Å². The van der Waals surface area contributed by atoms with Crippen molar-refractivity contribution in [3.8, 4) is 22.5 Å². The highest BCUT2D eigenvalue weighted by Crippen LogP contribution is 2.37. The summed E-state index contributed by atoms with van der Waals surface area (Å²) in [6.07, 6.45) is 2.27. The number of nitrogens with one attached hydrogen (secondary N) is 2. The highest BCUT2D eigenvalue weighted by Gasteiger charge is 2.52. The van der Waals surface area contributed by atoms with Crippen LogP contribution in [0.25, 0.3) is 44.6 Å². The molecule has 0 radical (unpaired) electrons. The number of rotatable bonds is 12.